The van der Waals surface area contributed by atoms with E-state index in [-0.39, 0.29) is 6.10 Å². The number of hydrogen-bond acceptors (Lipinski definition) is 4. The van der Waals surface area contributed by atoms with E-state index in [0.29, 0.717) is 13.2 Å². The number of aryl methyl sites for hydroxylation is 1. The van der Waals surface area contributed by atoms with Gasteiger partial charge >= 0.3 is 0 Å². The Bertz CT molecular complexity index is 779. The maximum Gasteiger partial charge on any atom is 0.163 e. The topological polar surface area (TPSA) is 44.8 Å². The van der Waals surface area contributed by atoms with Gasteiger partial charge in [0.25, 0.3) is 0 Å². The van der Waals surface area contributed by atoms with Crippen LogP contribution in [0.5, 0.6) is 5.75 Å². The standard InChI is InChI=1S/C21H24O4/c1-14-10-17(23-12-18-13-24-21(3,4)25-18)8-9-19(14)20-7-5-6-16(11-22)15(20)2/h5-11,18H,12-13H2,1-4H3/t18-/m1/s1. The molecule has 132 valence electrons. The van der Waals surface area contributed by atoms with Crippen molar-refractivity contribution in [3.63, 3.8) is 0 Å². The number of rotatable bonds is 5. The Balaban J connectivity index is 1.74. The lowest BCUT2D eigenvalue weighted by Crippen LogP contribution is -2.25. The zero-order valence-electron chi connectivity index (χ0n) is 15.2. The van der Waals surface area contributed by atoms with Crippen molar-refractivity contribution in [1.29, 1.82) is 0 Å². The predicted molar refractivity (Wildman–Crippen MR) is 97.1 cm³/mol. The molecule has 1 atom stereocenters. The molecule has 0 unspecified atom stereocenters. The van der Waals surface area contributed by atoms with Gasteiger partial charge in [-0.25, -0.2) is 0 Å². The molecule has 2 aromatic carbocycles. The van der Waals surface area contributed by atoms with Gasteiger partial charge in [-0.3, -0.25) is 4.79 Å². The van der Waals surface area contributed by atoms with E-state index >= 15 is 0 Å². The highest BCUT2D eigenvalue weighted by atomic mass is 16.7. The van der Waals surface area contributed by atoms with Crippen molar-refractivity contribution in [3.8, 4) is 16.9 Å². The second-order valence-corrected chi connectivity index (χ2v) is 6.88. The van der Waals surface area contributed by atoms with Crippen molar-refractivity contribution in [3.05, 3.63) is 53.1 Å². The number of hydrogen-bond donors (Lipinski definition) is 0. The molecule has 0 spiro atoms. The molecule has 2 aromatic rings. The average Bonchev–Trinajstić information content (AvgIpc) is 2.93. The highest BCUT2D eigenvalue weighted by molar-refractivity contribution is 5.83. The highest BCUT2D eigenvalue weighted by Crippen LogP contribution is 2.31. The zero-order valence-corrected chi connectivity index (χ0v) is 15.2. The van der Waals surface area contributed by atoms with Gasteiger partial charge in [-0.1, -0.05) is 24.3 Å². The number of benzene rings is 2. The second-order valence-electron chi connectivity index (χ2n) is 6.88. The van der Waals surface area contributed by atoms with Gasteiger partial charge in [-0.05, 0) is 62.1 Å². The Kier molecular flexibility index (Phi) is 4.93. The summed E-state index contributed by atoms with van der Waals surface area (Å²) in [6.45, 7) is 8.84. The molecule has 0 saturated carbocycles. The smallest absolute Gasteiger partial charge is 0.163 e. The summed E-state index contributed by atoms with van der Waals surface area (Å²) in [7, 11) is 0. The molecule has 0 radical (unpaired) electrons. The highest BCUT2D eigenvalue weighted by Gasteiger charge is 2.32. The first kappa shape index (κ1) is 17.6. The summed E-state index contributed by atoms with van der Waals surface area (Å²) < 4.78 is 17.2. The predicted octanol–water partition coefficient (Wildman–Crippen LogP) is 4.31. The molecule has 1 aliphatic rings. The summed E-state index contributed by atoms with van der Waals surface area (Å²) in [5.74, 6) is 0.272. The fraction of sp³-hybridized carbons (Fsp3) is 0.381. The number of carbonyl (C=O) groups is 1. The van der Waals surface area contributed by atoms with E-state index in [2.05, 4.69) is 0 Å². The minimum Gasteiger partial charge on any atom is -0.491 e. The zero-order chi connectivity index (χ0) is 18.0. The van der Waals surface area contributed by atoms with E-state index in [1.54, 1.807) is 0 Å². The van der Waals surface area contributed by atoms with Gasteiger partial charge in [0.1, 0.15) is 24.7 Å². The Morgan fingerprint density at radius 3 is 2.64 bits per heavy atom. The van der Waals surface area contributed by atoms with Crippen molar-refractivity contribution < 1.29 is 19.0 Å². The van der Waals surface area contributed by atoms with Crippen molar-refractivity contribution >= 4 is 6.29 Å². The average molecular weight is 340 g/mol. The summed E-state index contributed by atoms with van der Waals surface area (Å²) in [5, 5.41) is 0. The van der Waals surface area contributed by atoms with Crippen molar-refractivity contribution in [2.75, 3.05) is 13.2 Å². The molecule has 1 saturated heterocycles. The van der Waals surface area contributed by atoms with Gasteiger partial charge in [0, 0.05) is 5.56 Å². The SMILES string of the molecule is Cc1cc(OC[C@@H]2COC(C)(C)O2)ccc1-c1cccc(C=O)c1C. The summed E-state index contributed by atoms with van der Waals surface area (Å²) in [5.41, 5.74) is 5.00. The largest absolute Gasteiger partial charge is 0.491 e. The molecule has 0 N–H and O–H groups in total. The van der Waals surface area contributed by atoms with E-state index in [1.807, 2.05) is 64.1 Å². The first-order valence-corrected chi connectivity index (χ1v) is 8.50. The fourth-order valence-corrected chi connectivity index (χ4v) is 3.14. The lowest BCUT2D eigenvalue weighted by atomic mass is 9.94. The second kappa shape index (κ2) is 6.98. The molecule has 3 rings (SSSR count). The van der Waals surface area contributed by atoms with Gasteiger partial charge in [0.05, 0.1) is 6.61 Å². The molecule has 1 heterocycles. The molecule has 0 amide bonds. The molecule has 4 nitrogen and oxygen atoms in total. The summed E-state index contributed by atoms with van der Waals surface area (Å²) in [4.78, 5) is 11.2. The van der Waals surface area contributed by atoms with Gasteiger partial charge < -0.3 is 14.2 Å². The third-order valence-corrected chi connectivity index (χ3v) is 4.49. The van der Waals surface area contributed by atoms with Gasteiger partial charge in [0.2, 0.25) is 0 Å². The Morgan fingerprint density at radius 2 is 2.00 bits per heavy atom. The molecule has 4 heteroatoms. The third-order valence-electron chi connectivity index (χ3n) is 4.49. The third kappa shape index (κ3) is 3.91. The van der Waals surface area contributed by atoms with Crippen LogP contribution in [0.1, 0.15) is 35.3 Å². The van der Waals surface area contributed by atoms with Crippen LogP contribution in [0.2, 0.25) is 0 Å². The van der Waals surface area contributed by atoms with Gasteiger partial charge in [-0.2, -0.15) is 0 Å². The maximum atomic E-state index is 11.2. The number of aldehydes is 1. The molecular formula is C21H24O4. The molecule has 0 bridgehead atoms. The monoisotopic (exact) mass is 340 g/mol. The Hall–Kier alpha value is -2.17. The van der Waals surface area contributed by atoms with Crippen LogP contribution in [-0.4, -0.2) is 31.4 Å². The molecule has 0 aromatic heterocycles. The van der Waals surface area contributed by atoms with Crippen molar-refractivity contribution in [2.45, 2.75) is 39.6 Å². The molecule has 25 heavy (non-hydrogen) atoms. The molecule has 1 fully saturated rings. The quantitative estimate of drug-likeness (QED) is 0.761. The van der Waals surface area contributed by atoms with Gasteiger partial charge in [-0.15, -0.1) is 0 Å². The van der Waals surface area contributed by atoms with Crippen LogP contribution in [-0.2, 0) is 9.47 Å². The van der Waals surface area contributed by atoms with E-state index in [4.69, 9.17) is 14.2 Å². The van der Waals surface area contributed by atoms with Crippen LogP contribution >= 0.6 is 0 Å². The minimum absolute atomic E-state index is 0.0542. The van der Waals surface area contributed by atoms with Crippen LogP contribution in [0, 0.1) is 13.8 Å². The van der Waals surface area contributed by atoms with Crippen LogP contribution in [0.25, 0.3) is 11.1 Å². The first-order valence-electron chi connectivity index (χ1n) is 8.50. The van der Waals surface area contributed by atoms with E-state index in [1.165, 1.54) is 0 Å². The van der Waals surface area contributed by atoms with Crippen LogP contribution in [0.3, 0.4) is 0 Å². The molecule has 1 aliphatic heterocycles. The summed E-state index contributed by atoms with van der Waals surface area (Å²) in [6, 6.07) is 11.8. The van der Waals surface area contributed by atoms with Crippen molar-refractivity contribution in [1.82, 2.24) is 0 Å². The van der Waals surface area contributed by atoms with E-state index < -0.39 is 5.79 Å². The van der Waals surface area contributed by atoms with Crippen LogP contribution in [0.4, 0.5) is 0 Å². The lowest BCUT2D eigenvalue weighted by Gasteiger charge is -2.18. The van der Waals surface area contributed by atoms with Crippen LogP contribution in [0.15, 0.2) is 36.4 Å². The van der Waals surface area contributed by atoms with Crippen molar-refractivity contribution in [2.24, 2.45) is 0 Å². The number of ether oxygens (including phenoxy) is 3. The number of carbonyl (C=O) groups excluding carboxylic acids is 1. The normalized spacial score (nSPS) is 19.0. The Labute approximate surface area is 148 Å². The van der Waals surface area contributed by atoms with Crippen LogP contribution < -0.4 is 4.74 Å². The van der Waals surface area contributed by atoms with Gasteiger partial charge in [0.15, 0.2) is 5.79 Å². The minimum atomic E-state index is -0.533. The lowest BCUT2D eigenvalue weighted by molar-refractivity contribution is -0.141. The first-order chi connectivity index (χ1) is 11.9. The van der Waals surface area contributed by atoms with E-state index in [9.17, 15) is 4.79 Å². The van der Waals surface area contributed by atoms with E-state index in [0.717, 1.165) is 39.9 Å². The Morgan fingerprint density at radius 1 is 1.20 bits per heavy atom. The molecule has 0 aliphatic carbocycles. The summed E-state index contributed by atoms with van der Waals surface area (Å²) >= 11 is 0. The summed E-state index contributed by atoms with van der Waals surface area (Å²) in [6.07, 6.45) is 0.845. The fourth-order valence-electron chi connectivity index (χ4n) is 3.14. The maximum absolute atomic E-state index is 11.2. The molecular weight excluding hydrogens is 316 g/mol.